The summed E-state index contributed by atoms with van der Waals surface area (Å²) in [6.45, 7) is 4.05. The van der Waals surface area contributed by atoms with Gasteiger partial charge in [-0.15, -0.1) is 0 Å². The largest absolute Gasteiger partial charge is 0.463 e. The van der Waals surface area contributed by atoms with Crippen molar-refractivity contribution in [1.29, 1.82) is 0 Å². The van der Waals surface area contributed by atoms with E-state index in [-0.39, 0.29) is 5.97 Å². The van der Waals surface area contributed by atoms with Gasteiger partial charge in [0.2, 0.25) is 0 Å². The Kier molecular flexibility index (Phi) is 4.44. The Hall–Kier alpha value is -2.53. The molecule has 2 aromatic heterocycles. The number of halogens is 1. The molecule has 24 heavy (non-hydrogen) atoms. The first-order valence-corrected chi connectivity index (χ1v) is 8.04. The van der Waals surface area contributed by atoms with Crippen molar-refractivity contribution >= 4 is 34.5 Å². The third-order valence-corrected chi connectivity index (χ3v) is 4.03. The number of ether oxygens (including phenoxy) is 1. The monoisotopic (exact) mass is 343 g/mol. The normalized spacial score (nSPS) is 11.5. The molecule has 0 N–H and O–H groups in total. The molecule has 0 bridgehead atoms. The fourth-order valence-electron chi connectivity index (χ4n) is 2.78. The minimum Gasteiger partial charge on any atom is -0.463 e. The Morgan fingerprint density at radius 2 is 2.17 bits per heavy atom. The van der Waals surface area contributed by atoms with E-state index in [0.29, 0.717) is 11.6 Å². The number of carbonyl (C=O) groups is 1. The molecule has 124 valence electrons. The van der Waals surface area contributed by atoms with Crippen molar-refractivity contribution in [3.05, 3.63) is 52.8 Å². The molecule has 3 rings (SSSR count). The number of carbonyl (C=O) groups excluding carboxylic acids is 1. The number of rotatable bonds is 4. The zero-order chi connectivity index (χ0) is 17.3. The highest BCUT2D eigenvalue weighted by molar-refractivity contribution is 6.31. The second kappa shape index (κ2) is 6.53. The zero-order valence-electron chi connectivity index (χ0n) is 13.8. The summed E-state index contributed by atoms with van der Waals surface area (Å²) >= 11 is 6.07. The van der Waals surface area contributed by atoms with Crippen LogP contribution in [-0.2, 0) is 16.6 Å². The van der Waals surface area contributed by atoms with Crippen LogP contribution in [0.15, 0.2) is 36.5 Å². The van der Waals surface area contributed by atoms with E-state index >= 15 is 0 Å². The van der Waals surface area contributed by atoms with E-state index in [1.807, 2.05) is 49.0 Å². The van der Waals surface area contributed by atoms with E-state index in [4.69, 9.17) is 16.3 Å². The summed E-state index contributed by atoms with van der Waals surface area (Å²) in [6, 6.07) is 7.75. The highest BCUT2D eigenvalue weighted by Crippen LogP contribution is 2.27. The number of esters is 1. The zero-order valence-corrected chi connectivity index (χ0v) is 14.5. The van der Waals surface area contributed by atoms with Crippen LogP contribution in [0, 0.1) is 6.92 Å². The maximum atomic E-state index is 11.6. The summed E-state index contributed by atoms with van der Waals surface area (Å²) in [5, 5.41) is 6.22. The highest BCUT2D eigenvalue weighted by Gasteiger charge is 2.15. The van der Waals surface area contributed by atoms with Crippen molar-refractivity contribution in [3.63, 3.8) is 0 Å². The first-order chi connectivity index (χ1) is 11.5. The van der Waals surface area contributed by atoms with Gasteiger partial charge in [-0.25, -0.2) is 4.79 Å². The quantitative estimate of drug-likeness (QED) is 0.533. The molecule has 6 heteroatoms. The molecule has 0 amide bonds. The Balaban J connectivity index is 2.12. The molecule has 0 radical (unpaired) electrons. The second-order valence-corrected chi connectivity index (χ2v) is 5.86. The van der Waals surface area contributed by atoms with E-state index in [9.17, 15) is 4.79 Å². The van der Waals surface area contributed by atoms with Crippen LogP contribution in [0.3, 0.4) is 0 Å². The van der Waals surface area contributed by atoms with E-state index < -0.39 is 0 Å². The molecule has 5 nitrogen and oxygen atoms in total. The lowest BCUT2D eigenvalue weighted by Crippen LogP contribution is -2.03. The van der Waals surface area contributed by atoms with Crippen molar-refractivity contribution in [3.8, 4) is 5.82 Å². The van der Waals surface area contributed by atoms with Gasteiger partial charge < -0.3 is 9.30 Å². The van der Waals surface area contributed by atoms with Crippen LogP contribution in [0.25, 0.3) is 22.8 Å². The maximum Gasteiger partial charge on any atom is 0.330 e. The summed E-state index contributed by atoms with van der Waals surface area (Å²) in [7, 11) is 1.88. The third-order valence-electron chi connectivity index (χ3n) is 3.79. The Morgan fingerprint density at radius 3 is 2.92 bits per heavy atom. The van der Waals surface area contributed by atoms with Gasteiger partial charge >= 0.3 is 5.97 Å². The summed E-state index contributed by atoms with van der Waals surface area (Å²) in [5.41, 5.74) is 2.73. The lowest BCUT2D eigenvalue weighted by atomic mass is 10.2. The van der Waals surface area contributed by atoms with Gasteiger partial charge in [0, 0.05) is 35.3 Å². The van der Waals surface area contributed by atoms with Crippen molar-refractivity contribution < 1.29 is 9.53 Å². The predicted molar refractivity (Wildman–Crippen MR) is 95.5 cm³/mol. The Morgan fingerprint density at radius 1 is 1.38 bits per heavy atom. The molecular weight excluding hydrogens is 326 g/mol. The van der Waals surface area contributed by atoms with Crippen LogP contribution in [0.4, 0.5) is 0 Å². The standard InChI is InChI=1S/C18H18ClN3O2/c1-4-24-17(23)8-6-15-12(2)20-21(3)18(15)22-10-9-13-11-14(19)5-7-16(13)22/h5-11H,4H2,1-3H3. The van der Waals surface area contributed by atoms with Gasteiger partial charge in [-0.2, -0.15) is 5.10 Å². The average molecular weight is 344 g/mol. The molecule has 0 aliphatic rings. The number of aromatic nitrogens is 3. The molecule has 0 atom stereocenters. The van der Waals surface area contributed by atoms with Gasteiger partial charge in [-0.3, -0.25) is 4.68 Å². The SMILES string of the molecule is CCOC(=O)C=Cc1c(C)nn(C)c1-n1ccc2cc(Cl)ccc21. The van der Waals surface area contributed by atoms with Gasteiger partial charge in [0.15, 0.2) is 0 Å². The highest BCUT2D eigenvalue weighted by atomic mass is 35.5. The minimum atomic E-state index is -0.365. The molecule has 0 unspecified atom stereocenters. The van der Waals surface area contributed by atoms with Gasteiger partial charge in [0.05, 0.1) is 17.8 Å². The number of fused-ring (bicyclic) bond motifs is 1. The first kappa shape index (κ1) is 16.3. The van der Waals surface area contributed by atoms with Crippen molar-refractivity contribution in [2.24, 2.45) is 7.05 Å². The molecule has 0 spiro atoms. The maximum absolute atomic E-state index is 11.6. The number of benzene rings is 1. The minimum absolute atomic E-state index is 0.352. The van der Waals surface area contributed by atoms with E-state index in [1.54, 1.807) is 17.7 Å². The average Bonchev–Trinajstić information content (AvgIpc) is 3.05. The van der Waals surface area contributed by atoms with Crippen LogP contribution < -0.4 is 0 Å². The van der Waals surface area contributed by atoms with Gasteiger partial charge in [0.1, 0.15) is 5.82 Å². The fourth-order valence-corrected chi connectivity index (χ4v) is 2.96. The smallest absolute Gasteiger partial charge is 0.330 e. The summed E-state index contributed by atoms with van der Waals surface area (Å²) < 4.78 is 8.79. The molecule has 0 fully saturated rings. The predicted octanol–water partition coefficient (Wildman–Crippen LogP) is 3.90. The van der Waals surface area contributed by atoms with Gasteiger partial charge in [-0.1, -0.05) is 11.6 Å². The Labute approximate surface area is 145 Å². The van der Waals surface area contributed by atoms with E-state index in [1.165, 1.54) is 6.08 Å². The lowest BCUT2D eigenvalue weighted by Gasteiger charge is -2.08. The number of hydrogen-bond donors (Lipinski definition) is 0. The first-order valence-electron chi connectivity index (χ1n) is 7.66. The second-order valence-electron chi connectivity index (χ2n) is 5.42. The molecule has 0 aliphatic carbocycles. The van der Waals surface area contributed by atoms with Crippen LogP contribution in [0.5, 0.6) is 0 Å². The molecule has 2 heterocycles. The molecule has 1 aromatic carbocycles. The fraction of sp³-hybridized carbons (Fsp3) is 0.222. The number of aryl methyl sites for hydroxylation is 2. The van der Waals surface area contributed by atoms with E-state index in [0.717, 1.165) is 28.0 Å². The van der Waals surface area contributed by atoms with E-state index in [2.05, 4.69) is 5.10 Å². The van der Waals surface area contributed by atoms with Gasteiger partial charge in [-0.05, 0) is 44.2 Å². The molecule has 0 saturated carbocycles. The molecule has 0 aliphatic heterocycles. The number of nitrogens with zero attached hydrogens (tertiary/aromatic N) is 3. The summed E-state index contributed by atoms with van der Waals surface area (Å²) in [4.78, 5) is 11.6. The topological polar surface area (TPSA) is 49.0 Å². The van der Waals surface area contributed by atoms with Crippen LogP contribution in [-0.4, -0.2) is 26.9 Å². The van der Waals surface area contributed by atoms with Crippen molar-refractivity contribution in [2.45, 2.75) is 13.8 Å². The van der Waals surface area contributed by atoms with Gasteiger partial charge in [0.25, 0.3) is 0 Å². The molecule has 3 aromatic rings. The number of hydrogen-bond acceptors (Lipinski definition) is 3. The molecular formula is C18H18ClN3O2. The lowest BCUT2D eigenvalue weighted by molar-refractivity contribution is -0.137. The Bertz CT molecular complexity index is 937. The summed E-state index contributed by atoms with van der Waals surface area (Å²) in [6.07, 6.45) is 5.15. The van der Waals surface area contributed by atoms with Crippen molar-refractivity contribution in [1.82, 2.24) is 14.3 Å². The summed E-state index contributed by atoms with van der Waals surface area (Å²) in [5.74, 6) is 0.515. The van der Waals surface area contributed by atoms with Crippen LogP contribution in [0.2, 0.25) is 5.02 Å². The van der Waals surface area contributed by atoms with Crippen molar-refractivity contribution in [2.75, 3.05) is 6.61 Å². The molecule has 0 saturated heterocycles. The van der Waals surface area contributed by atoms with Crippen LogP contribution in [0.1, 0.15) is 18.2 Å². The van der Waals surface area contributed by atoms with Crippen LogP contribution >= 0.6 is 11.6 Å². The third kappa shape index (κ3) is 2.95.